The molecule has 0 aliphatic heterocycles. The van der Waals surface area contributed by atoms with Gasteiger partial charge in [0, 0.05) is 12.1 Å². The molecule has 0 aliphatic rings. The zero-order chi connectivity index (χ0) is 13.6. The molecule has 0 spiro atoms. The second-order valence-corrected chi connectivity index (χ2v) is 4.92. The van der Waals surface area contributed by atoms with Crippen LogP contribution in [0.4, 0.5) is 0 Å². The zero-order valence-corrected chi connectivity index (χ0v) is 11.3. The molecule has 0 heterocycles. The lowest BCUT2D eigenvalue weighted by molar-refractivity contribution is -0.124. The van der Waals surface area contributed by atoms with Gasteiger partial charge < -0.3 is 15.8 Å². The van der Waals surface area contributed by atoms with E-state index >= 15 is 0 Å². The number of carbonyl (C=O) groups is 1. The van der Waals surface area contributed by atoms with E-state index in [1.807, 2.05) is 45.0 Å². The van der Waals surface area contributed by atoms with Gasteiger partial charge in [-0.2, -0.15) is 0 Å². The maximum Gasteiger partial charge on any atom is 0.258 e. The van der Waals surface area contributed by atoms with Gasteiger partial charge in [0.2, 0.25) is 0 Å². The van der Waals surface area contributed by atoms with Gasteiger partial charge in [0.25, 0.3) is 5.91 Å². The van der Waals surface area contributed by atoms with Gasteiger partial charge in [0.05, 0.1) is 0 Å². The van der Waals surface area contributed by atoms with E-state index < -0.39 is 0 Å². The highest BCUT2D eigenvalue weighted by molar-refractivity contribution is 5.78. The van der Waals surface area contributed by atoms with E-state index in [2.05, 4.69) is 5.32 Å². The fourth-order valence-corrected chi connectivity index (χ4v) is 1.37. The van der Waals surface area contributed by atoms with E-state index in [1.54, 1.807) is 0 Å². The Morgan fingerprint density at radius 3 is 2.44 bits per heavy atom. The molecule has 1 amide bonds. The Hall–Kier alpha value is -1.55. The molecule has 0 unspecified atom stereocenters. The first kappa shape index (κ1) is 14.5. The molecule has 0 radical (unpaired) electrons. The fraction of sp³-hybridized carbons (Fsp3) is 0.500. The normalized spacial score (nSPS) is 11.1. The molecule has 0 saturated heterocycles. The average molecular weight is 250 g/mol. The van der Waals surface area contributed by atoms with Crippen LogP contribution in [0.2, 0.25) is 0 Å². The van der Waals surface area contributed by atoms with Gasteiger partial charge in [-0.1, -0.05) is 19.1 Å². The predicted molar refractivity (Wildman–Crippen MR) is 72.3 cm³/mol. The SMILES string of the molecule is CCC(C)(C)NC(=O)COc1ccc(CN)cc1. The monoisotopic (exact) mass is 250 g/mol. The lowest BCUT2D eigenvalue weighted by Gasteiger charge is -2.24. The summed E-state index contributed by atoms with van der Waals surface area (Å²) in [6.07, 6.45) is 0.879. The standard InChI is InChI=1S/C14H22N2O2/c1-4-14(2,3)16-13(17)10-18-12-7-5-11(9-15)6-8-12/h5-8H,4,9-10,15H2,1-3H3,(H,16,17). The molecular weight excluding hydrogens is 228 g/mol. The molecule has 4 heteroatoms. The third-order valence-corrected chi connectivity index (χ3v) is 2.89. The quantitative estimate of drug-likeness (QED) is 0.809. The molecule has 1 rings (SSSR count). The topological polar surface area (TPSA) is 64.3 Å². The fourth-order valence-electron chi connectivity index (χ4n) is 1.37. The minimum atomic E-state index is -0.191. The van der Waals surface area contributed by atoms with Crippen molar-refractivity contribution in [1.29, 1.82) is 0 Å². The van der Waals surface area contributed by atoms with Gasteiger partial charge in [-0.3, -0.25) is 4.79 Å². The van der Waals surface area contributed by atoms with Crippen molar-refractivity contribution in [3.8, 4) is 5.75 Å². The second kappa shape index (κ2) is 6.40. The van der Waals surface area contributed by atoms with Crippen molar-refractivity contribution in [2.24, 2.45) is 5.73 Å². The third kappa shape index (κ3) is 4.75. The van der Waals surface area contributed by atoms with Crippen LogP contribution in [0.25, 0.3) is 0 Å². The van der Waals surface area contributed by atoms with Crippen molar-refractivity contribution in [3.63, 3.8) is 0 Å². The summed E-state index contributed by atoms with van der Waals surface area (Å²) in [6.45, 7) is 6.55. The van der Waals surface area contributed by atoms with Crippen LogP contribution in [0, 0.1) is 0 Å². The van der Waals surface area contributed by atoms with Crippen molar-refractivity contribution in [2.45, 2.75) is 39.3 Å². The summed E-state index contributed by atoms with van der Waals surface area (Å²) in [4.78, 5) is 11.7. The number of nitrogens with two attached hydrogens (primary N) is 1. The number of benzene rings is 1. The number of nitrogens with one attached hydrogen (secondary N) is 1. The van der Waals surface area contributed by atoms with Gasteiger partial charge in [-0.15, -0.1) is 0 Å². The van der Waals surface area contributed by atoms with E-state index in [-0.39, 0.29) is 18.1 Å². The molecule has 3 N–H and O–H groups in total. The van der Waals surface area contributed by atoms with Crippen molar-refractivity contribution in [2.75, 3.05) is 6.61 Å². The van der Waals surface area contributed by atoms with Crippen LogP contribution in [0.5, 0.6) is 5.75 Å². The van der Waals surface area contributed by atoms with Gasteiger partial charge in [-0.05, 0) is 38.0 Å². The predicted octanol–water partition coefficient (Wildman–Crippen LogP) is 1.83. The van der Waals surface area contributed by atoms with E-state index in [4.69, 9.17) is 10.5 Å². The molecule has 0 aliphatic carbocycles. The molecule has 18 heavy (non-hydrogen) atoms. The number of carbonyl (C=O) groups excluding carboxylic acids is 1. The Morgan fingerprint density at radius 2 is 1.94 bits per heavy atom. The van der Waals surface area contributed by atoms with Crippen LogP contribution >= 0.6 is 0 Å². The minimum Gasteiger partial charge on any atom is -0.484 e. The zero-order valence-electron chi connectivity index (χ0n) is 11.3. The molecular formula is C14H22N2O2. The number of amides is 1. The largest absolute Gasteiger partial charge is 0.484 e. The number of hydrogen-bond donors (Lipinski definition) is 2. The molecule has 0 atom stereocenters. The summed E-state index contributed by atoms with van der Waals surface area (Å²) < 4.78 is 5.40. The maximum atomic E-state index is 11.7. The van der Waals surface area contributed by atoms with Crippen LogP contribution < -0.4 is 15.8 Å². The summed E-state index contributed by atoms with van der Waals surface area (Å²) in [5, 5.41) is 2.91. The van der Waals surface area contributed by atoms with Crippen LogP contribution in [0.3, 0.4) is 0 Å². The first-order valence-corrected chi connectivity index (χ1v) is 6.19. The Labute approximate surface area is 109 Å². The van der Waals surface area contributed by atoms with Gasteiger partial charge in [0.1, 0.15) is 5.75 Å². The maximum absolute atomic E-state index is 11.7. The first-order chi connectivity index (χ1) is 8.46. The van der Waals surface area contributed by atoms with E-state index in [1.165, 1.54) is 0 Å². The molecule has 4 nitrogen and oxygen atoms in total. The van der Waals surface area contributed by atoms with E-state index in [0.717, 1.165) is 12.0 Å². The third-order valence-electron chi connectivity index (χ3n) is 2.89. The molecule has 0 bridgehead atoms. The van der Waals surface area contributed by atoms with Crippen LogP contribution in [-0.4, -0.2) is 18.1 Å². The van der Waals surface area contributed by atoms with Gasteiger partial charge >= 0.3 is 0 Å². The second-order valence-electron chi connectivity index (χ2n) is 4.92. The summed E-state index contributed by atoms with van der Waals surface area (Å²) >= 11 is 0. The highest BCUT2D eigenvalue weighted by Gasteiger charge is 2.17. The summed E-state index contributed by atoms with van der Waals surface area (Å²) in [6, 6.07) is 7.42. The molecule has 0 aromatic heterocycles. The number of rotatable bonds is 6. The van der Waals surface area contributed by atoms with Crippen molar-refractivity contribution < 1.29 is 9.53 Å². The average Bonchev–Trinajstić information content (AvgIpc) is 2.36. The first-order valence-electron chi connectivity index (χ1n) is 6.19. The molecule has 0 saturated carbocycles. The molecule has 0 fully saturated rings. The van der Waals surface area contributed by atoms with E-state index in [9.17, 15) is 4.79 Å². The van der Waals surface area contributed by atoms with Gasteiger partial charge in [0.15, 0.2) is 6.61 Å². The lowest BCUT2D eigenvalue weighted by atomic mass is 10.0. The summed E-state index contributed by atoms with van der Waals surface area (Å²) in [5.74, 6) is 0.571. The van der Waals surface area contributed by atoms with E-state index in [0.29, 0.717) is 12.3 Å². The lowest BCUT2D eigenvalue weighted by Crippen LogP contribution is -2.44. The minimum absolute atomic E-state index is 0.0331. The highest BCUT2D eigenvalue weighted by atomic mass is 16.5. The molecule has 1 aromatic carbocycles. The Balaban J connectivity index is 2.42. The smallest absolute Gasteiger partial charge is 0.258 e. The number of hydrogen-bond acceptors (Lipinski definition) is 3. The van der Waals surface area contributed by atoms with Crippen LogP contribution in [0.1, 0.15) is 32.8 Å². The summed E-state index contributed by atoms with van der Waals surface area (Å²) in [5.41, 5.74) is 6.35. The Morgan fingerprint density at radius 1 is 1.33 bits per heavy atom. The number of ether oxygens (including phenoxy) is 1. The van der Waals surface area contributed by atoms with Crippen molar-refractivity contribution in [3.05, 3.63) is 29.8 Å². The summed E-state index contributed by atoms with van der Waals surface area (Å²) in [7, 11) is 0. The van der Waals surface area contributed by atoms with Crippen LogP contribution in [-0.2, 0) is 11.3 Å². The van der Waals surface area contributed by atoms with Crippen LogP contribution in [0.15, 0.2) is 24.3 Å². The Kier molecular flexibility index (Phi) is 5.16. The highest BCUT2D eigenvalue weighted by Crippen LogP contribution is 2.12. The van der Waals surface area contributed by atoms with Crippen molar-refractivity contribution in [1.82, 2.24) is 5.32 Å². The van der Waals surface area contributed by atoms with Crippen molar-refractivity contribution >= 4 is 5.91 Å². The molecule has 1 aromatic rings. The van der Waals surface area contributed by atoms with Gasteiger partial charge in [-0.25, -0.2) is 0 Å². The molecule has 100 valence electrons. The Bertz CT molecular complexity index is 385.